The highest BCUT2D eigenvalue weighted by Gasteiger charge is 2.07. The maximum Gasteiger partial charge on any atom is 0.180 e. The molecule has 1 N–H and O–H groups in total. The van der Waals surface area contributed by atoms with Crippen molar-refractivity contribution in [2.45, 2.75) is 26.7 Å². The second kappa shape index (κ2) is 6.61. The third kappa shape index (κ3) is 3.73. The van der Waals surface area contributed by atoms with E-state index in [9.17, 15) is 0 Å². The Hall–Kier alpha value is -1.49. The van der Waals surface area contributed by atoms with Crippen LogP contribution in [0.4, 0.5) is 5.82 Å². The summed E-state index contributed by atoms with van der Waals surface area (Å²) in [5.41, 5.74) is 1.84. The number of nitrogens with zero attached hydrogens (tertiary/aromatic N) is 3. The lowest BCUT2D eigenvalue weighted by Gasteiger charge is -2.08. The Kier molecular flexibility index (Phi) is 4.85. The first-order chi connectivity index (χ1) is 9.22. The van der Waals surface area contributed by atoms with Crippen LogP contribution in [0, 0.1) is 0 Å². The highest BCUT2D eigenvalue weighted by atomic mass is 79.9. The number of aromatic nitrogens is 3. The number of nitrogens with one attached hydrogen (secondary N) is 1. The van der Waals surface area contributed by atoms with Gasteiger partial charge >= 0.3 is 0 Å². The van der Waals surface area contributed by atoms with E-state index in [4.69, 9.17) is 0 Å². The minimum absolute atomic E-state index is 0.675. The van der Waals surface area contributed by atoms with Gasteiger partial charge in [-0.2, -0.15) is 0 Å². The van der Waals surface area contributed by atoms with Crippen molar-refractivity contribution in [3.63, 3.8) is 0 Å². The molecule has 0 spiro atoms. The Balaban J connectivity index is 2.40. The fourth-order valence-electron chi connectivity index (χ4n) is 1.78. The molecule has 5 heteroatoms. The summed E-state index contributed by atoms with van der Waals surface area (Å²) in [7, 11) is 0. The van der Waals surface area contributed by atoms with Crippen LogP contribution in [0.25, 0.3) is 11.5 Å². The smallest absolute Gasteiger partial charge is 0.180 e. The van der Waals surface area contributed by atoms with Gasteiger partial charge in [0.2, 0.25) is 0 Å². The normalized spacial score (nSPS) is 10.5. The van der Waals surface area contributed by atoms with Crippen molar-refractivity contribution >= 4 is 21.7 Å². The van der Waals surface area contributed by atoms with Gasteiger partial charge in [-0.05, 0) is 41.4 Å². The number of halogens is 1. The van der Waals surface area contributed by atoms with Crippen molar-refractivity contribution in [2.24, 2.45) is 0 Å². The molecule has 0 aliphatic carbocycles. The molecule has 0 fully saturated rings. The SMILES string of the molecule is CCCc1cc(NCC)nc(-c2ccc(Br)cn2)n1. The first-order valence-electron chi connectivity index (χ1n) is 6.46. The van der Waals surface area contributed by atoms with E-state index >= 15 is 0 Å². The van der Waals surface area contributed by atoms with Crippen LogP contribution in [0.15, 0.2) is 28.9 Å². The summed E-state index contributed by atoms with van der Waals surface area (Å²) in [6.45, 7) is 5.04. The average Bonchev–Trinajstić information content (AvgIpc) is 2.40. The lowest BCUT2D eigenvalue weighted by molar-refractivity contribution is 0.873. The number of rotatable bonds is 5. The fourth-order valence-corrected chi connectivity index (χ4v) is 2.01. The average molecular weight is 321 g/mol. The lowest BCUT2D eigenvalue weighted by Crippen LogP contribution is -2.04. The second-order valence-electron chi connectivity index (χ2n) is 4.21. The van der Waals surface area contributed by atoms with Crippen molar-refractivity contribution < 1.29 is 0 Å². The molecule has 2 rings (SSSR count). The maximum absolute atomic E-state index is 4.58. The van der Waals surface area contributed by atoms with Crippen LogP contribution < -0.4 is 5.32 Å². The van der Waals surface area contributed by atoms with Crippen molar-refractivity contribution in [1.29, 1.82) is 0 Å². The van der Waals surface area contributed by atoms with Gasteiger partial charge in [0.25, 0.3) is 0 Å². The third-order valence-electron chi connectivity index (χ3n) is 2.60. The van der Waals surface area contributed by atoms with Gasteiger partial charge in [-0.1, -0.05) is 13.3 Å². The summed E-state index contributed by atoms with van der Waals surface area (Å²) in [5.74, 6) is 1.54. The van der Waals surface area contributed by atoms with Crippen LogP contribution in [0.3, 0.4) is 0 Å². The number of pyridine rings is 1. The van der Waals surface area contributed by atoms with E-state index in [0.717, 1.165) is 41.1 Å². The molecular formula is C14H17BrN4. The van der Waals surface area contributed by atoms with Crippen LogP contribution in [-0.2, 0) is 6.42 Å². The molecule has 100 valence electrons. The van der Waals surface area contributed by atoms with Crippen LogP contribution in [0.1, 0.15) is 26.0 Å². The molecule has 0 atom stereocenters. The van der Waals surface area contributed by atoms with Crippen LogP contribution in [-0.4, -0.2) is 21.5 Å². The van der Waals surface area contributed by atoms with Gasteiger partial charge in [0.1, 0.15) is 11.5 Å². The van der Waals surface area contributed by atoms with Gasteiger partial charge in [-0.15, -0.1) is 0 Å². The van der Waals surface area contributed by atoms with E-state index in [0.29, 0.717) is 5.82 Å². The van der Waals surface area contributed by atoms with Gasteiger partial charge in [-0.25, -0.2) is 9.97 Å². The number of aryl methyl sites for hydroxylation is 1. The molecule has 4 nitrogen and oxygen atoms in total. The summed E-state index contributed by atoms with van der Waals surface area (Å²) in [4.78, 5) is 13.4. The molecule has 0 amide bonds. The Morgan fingerprint density at radius 1 is 1.21 bits per heavy atom. The standard InChI is InChI=1S/C14H17BrN4/c1-3-5-11-8-13(16-4-2)19-14(18-11)12-7-6-10(15)9-17-12/h6-9H,3-5H2,1-2H3,(H,16,18,19). The maximum atomic E-state index is 4.58. The number of hydrogen-bond acceptors (Lipinski definition) is 4. The van der Waals surface area contributed by atoms with Crippen molar-refractivity contribution in [1.82, 2.24) is 15.0 Å². The Bertz CT molecular complexity index is 515. The lowest BCUT2D eigenvalue weighted by atomic mass is 10.2. The van der Waals surface area contributed by atoms with E-state index in [-0.39, 0.29) is 0 Å². The molecule has 0 aromatic carbocycles. The second-order valence-corrected chi connectivity index (χ2v) is 5.13. The number of hydrogen-bond donors (Lipinski definition) is 1. The summed E-state index contributed by atoms with van der Waals surface area (Å²) >= 11 is 3.38. The molecule has 0 aliphatic rings. The Morgan fingerprint density at radius 2 is 2.05 bits per heavy atom. The summed E-state index contributed by atoms with van der Waals surface area (Å²) < 4.78 is 0.952. The Morgan fingerprint density at radius 3 is 2.68 bits per heavy atom. The van der Waals surface area contributed by atoms with Crippen molar-refractivity contribution in [3.8, 4) is 11.5 Å². The van der Waals surface area contributed by atoms with Crippen LogP contribution in [0.5, 0.6) is 0 Å². The van der Waals surface area contributed by atoms with E-state index < -0.39 is 0 Å². The molecule has 2 heterocycles. The topological polar surface area (TPSA) is 50.7 Å². The summed E-state index contributed by atoms with van der Waals surface area (Å²) in [6.07, 6.45) is 3.78. The molecule has 19 heavy (non-hydrogen) atoms. The van der Waals surface area contributed by atoms with Crippen molar-refractivity contribution in [3.05, 3.63) is 34.6 Å². The summed E-state index contributed by atoms with van der Waals surface area (Å²) in [5, 5.41) is 3.24. The van der Waals surface area contributed by atoms with E-state index in [1.165, 1.54) is 0 Å². The Labute approximate surface area is 121 Å². The molecule has 0 saturated heterocycles. The minimum atomic E-state index is 0.675. The van der Waals surface area contributed by atoms with Crippen LogP contribution >= 0.6 is 15.9 Å². The van der Waals surface area contributed by atoms with Gasteiger partial charge in [-0.3, -0.25) is 4.98 Å². The molecule has 0 saturated carbocycles. The molecule has 0 bridgehead atoms. The van der Waals surface area contributed by atoms with Gasteiger partial charge in [0.05, 0.1) is 0 Å². The number of anilines is 1. The zero-order valence-electron chi connectivity index (χ0n) is 11.2. The van der Waals surface area contributed by atoms with Gasteiger partial charge in [0, 0.05) is 29.0 Å². The van der Waals surface area contributed by atoms with E-state index in [1.54, 1.807) is 6.20 Å². The van der Waals surface area contributed by atoms with Gasteiger partial charge in [0.15, 0.2) is 5.82 Å². The van der Waals surface area contributed by atoms with E-state index in [1.807, 2.05) is 18.2 Å². The molecule has 0 radical (unpaired) electrons. The van der Waals surface area contributed by atoms with E-state index in [2.05, 4.69) is 50.0 Å². The highest BCUT2D eigenvalue weighted by molar-refractivity contribution is 9.10. The molecular weight excluding hydrogens is 304 g/mol. The van der Waals surface area contributed by atoms with Crippen LogP contribution in [0.2, 0.25) is 0 Å². The van der Waals surface area contributed by atoms with Crippen molar-refractivity contribution in [2.75, 3.05) is 11.9 Å². The third-order valence-corrected chi connectivity index (χ3v) is 3.07. The zero-order chi connectivity index (χ0) is 13.7. The molecule has 2 aromatic rings. The highest BCUT2D eigenvalue weighted by Crippen LogP contribution is 2.18. The monoisotopic (exact) mass is 320 g/mol. The summed E-state index contributed by atoms with van der Waals surface area (Å²) in [6, 6.07) is 5.88. The predicted molar refractivity (Wildman–Crippen MR) is 81.1 cm³/mol. The molecule has 0 aliphatic heterocycles. The minimum Gasteiger partial charge on any atom is -0.370 e. The molecule has 2 aromatic heterocycles. The van der Waals surface area contributed by atoms with Gasteiger partial charge < -0.3 is 5.32 Å². The first kappa shape index (κ1) is 13.9. The molecule has 0 unspecified atom stereocenters. The largest absolute Gasteiger partial charge is 0.370 e. The first-order valence-corrected chi connectivity index (χ1v) is 7.26. The quantitative estimate of drug-likeness (QED) is 0.912. The fraction of sp³-hybridized carbons (Fsp3) is 0.357. The predicted octanol–water partition coefficient (Wildman–Crippen LogP) is 3.69. The zero-order valence-corrected chi connectivity index (χ0v) is 12.7.